The van der Waals surface area contributed by atoms with Crippen LogP contribution in [0.4, 0.5) is 0 Å². The fraction of sp³-hybridized carbons (Fsp3) is 0.0667. The summed E-state index contributed by atoms with van der Waals surface area (Å²) in [6.45, 7) is 1.84. The third kappa shape index (κ3) is 2.21. The summed E-state index contributed by atoms with van der Waals surface area (Å²) in [5.74, 6) is 0.664. The fourth-order valence-electron chi connectivity index (χ4n) is 2.20. The van der Waals surface area contributed by atoms with Gasteiger partial charge in [0.15, 0.2) is 0 Å². The third-order valence-electron chi connectivity index (χ3n) is 3.07. The number of nitrogens with zero attached hydrogens (tertiary/aromatic N) is 2. The van der Waals surface area contributed by atoms with Crippen LogP contribution in [-0.2, 0) is 0 Å². The Labute approximate surface area is 132 Å². The standard InChI is InChI=1S/C15H10Br2N2O/c1-9-18-14-12(7-10(16)8-13(14)17)15(20)19(9)11-5-3-2-4-6-11/h2-8H,1H3. The van der Waals surface area contributed by atoms with Gasteiger partial charge in [0.25, 0.3) is 5.56 Å². The molecule has 2 aromatic carbocycles. The quantitative estimate of drug-likeness (QED) is 0.620. The Kier molecular flexibility index (Phi) is 3.48. The molecule has 0 aliphatic rings. The molecule has 0 saturated heterocycles. The summed E-state index contributed by atoms with van der Waals surface area (Å²) >= 11 is 6.87. The molecule has 20 heavy (non-hydrogen) atoms. The average molecular weight is 394 g/mol. The molecule has 0 unspecified atom stereocenters. The normalized spacial score (nSPS) is 10.9. The molecule has 3 aromatic rings. The van der Waals surface area contributed by atoms with Gasteiger partial charge in [-0.1, -0.05) is 34.1 Å². The minimum atomic E-state index is -0.0688. The molecule has 3 nitrogen and oxygen atoms in total. The highest BCUT2D eigenvalue weighted by atomic mass is 79.9. The van der Waals surface area contributed by atoms with Gasteiger partial charge in [-0.2, -0.15) is 0 Å². The predicted molar refractivity (Wildman–Crippen MR) is 87.5 cm³/mol. The zero-order valence-electron chi connectivity index (χ0n) is 10.6. The van der Waals surface area contributed by atoms with E-state index in [0.29, 0.717) is 16.7 Å². The lowest BCUT2D eigenvalue weighted by Gasteiger charge is -2.11. The van der Waals surface area contributed by atoms with Crippen molar-refractivity contribution in [1.29, 1.82) is 0 Å². The zero-order valence-corrected chi connectivity index (χ0v) is 13.8. The molecule has 0 spiro atoms. The molecule has 0 atom stereocenters. The van der Waals surface area contributed by atoms with Crippen LogP contribution in [0.1, 0.15) is 5.82 Å². The third-order valence-corrected chi connectivity index (χ3v) is 4.14. The molecule has 0 saturated carbocycles. The molecule has 0 aliphatic heterocycles. The Balaban J connectivity index is 2.44. The van der Waals surface area contributed by atoms with Gasteiger partial charge in [0.2, 0.25) is 0 Å². The summed E-state index contributed by atoms with van der Waals surface area (Å²) in [6, 6.07) is 13.2. The van der Waals surface area contributed by atoms with Gasteiger partial charge in [0.1, 0.15) is 5.82 Å². The first-order valence-electron chi connectivity index (χ1n) is 6.02. The molecular weight excluding hydrogens is 384 g/mol. The molecule has 0 aliphatic carbocycles. The van der Waals surface area contributed by atoms with Crippen LogP contribution < -0.4 is 5.56 Å². The number of fused-ring (bicyclic) bond motifs is 1. The van der Waals surface area contributed by atoms with Crippen molar-refractivity contribution in [3.8, 4) is 5.69 Å². The molecule has 1 aromatic heterocycles. The maximum atomic E-state index is 12.7. The van der Waals surface area contributed by atoms with Crippen LogP contribution >= 0.6 is 31.9 Å². The van der Waals surface area contributed by atoms with Crippen molar-refractivity contribution in [1.82, 2.24) is 9.55 Å². The first kappa shape index (κ1) is 13.5. The predicted octanol–water partition coefficient (Wildman–Crippen LogP) is 4.22. The van der Waals surface area contributed by atoms with Gasteiger partial charge in [-0.3, -0.25) is 9.36 Å². The Morgan fingerprint density at radius 2 is 1.80 bits per heavy atom. The summed E-state index contributed by atoms with van der Waals surface area (Å²) in [7, 11) is 0. The topological polar surface area (TPSA) is 34.9 Å². The minimum absolute atomic E-state index is 0.0688. The van der Waals surface area contributed by atoms with E-state index in [9.17, 15) is 4.79 Å². The van der Waals surface area contributed by atoms with Gasteiger partial charge < -0.3 is 0 Å². The van der Waals surface area contributed by atoms with E-state index in [1.807, 2.05) is 43.3 Å². The summed E-state index contributed by atoms with van der Waals surface area (Å²) in [5.41, 5.74) is 1.43. The van der Waals surface area contributed by atoms with Gasteiger partial charge >= 0.3 is 0 Å². The van der Waals surface area contributed by atoms with E-state index >= 15 is 0 Å². The Morgan fingerprint density at radius 3 is 2.50 bits per heavy atom. The van der Waals surface area contributed by atoms with E-state index in [2.05, 4.69) is 36.8 Å². The second-order valence-electron chi connectivity index (χ2n) is 4.42. The number of rotatable bonds is 1. The molecule has 0 amide bonds. The number of aromatic nitrogens is 2. The lowest BCUT2D eigenvalue weighted by Crippen LogP contribution is -2.22. The van der Waals surface area contributed by atoms with Crippen molar-refractivity contribution < 1.29 is 0 Å². The van der Waals surface area contributed by atoms with E-state index in [1.165, 1.54) is 0 Å². The number of halogens is 2. The van der Waals surface area contributed by atoms with E-state index < -0.39 is 0 Å². The molecule has 0 N–H and O–H groups in total. The first-order valence-corrected chi connectivity index (χ1v) is 7.60. The molecule has 0 fully saturated rings. The first-order chi connectivity index (χ1) is 9.58. The van der Waals surface area contributed by atoms with Gasteiger partial charge in [0, 0.05) is 8.95 Å². The Bertz CT molecular complexity index is 857. The lowest BCUT2D eigenvalue weighted by atomic mass is 10.2. The highest BCUT2D eigenvalue weighted by molar-refractivity contribution is 9.11. The van der Waals surface area contributed by atoms with Crippen molar-refractivity contribution in [2.75, 3.05) is 0 Å². The molecule has 0 bridgehead atoms. The van der Waals surface area contributed by atoms with Crippen molar-refractivity contribution in [2.45, 2.75) is 6.92 Å². The van der Waals surface area contributed by atoms with Gasteiger partial charge in [0.05, 0.1) is 16.6 Å². The Hall–Kier alpha value is -1.46. The smallest absolute Gasteiger partial charge is 0.266 e. The number of hydrogen-bond acceptors (Lipinski definition) is 2. The van der Waals surface area contributed by atoms with Gasteiger partial charge in [-0.15, -0.1) is 0 Å². The van der Waals surface area contributed by atoms with Crippen molar-refractivity contribution in [2.24, 2.45) is 0 Å². The largest absolute Gasteiger partial charge is 0.268 e. The molecule has 3 rings (SSSR count). The molecule has 5 heteroatoms. The van der Waals surface area contributed by atoms with Gasteiger partial charge in [-0.05, 0) is 47.1 Å². The van der Waals surface area contributed by atoms with E-state index in [4.69, 9.17) is 0 Å². The van der Waals surface area contributed by atoms with E-state index in [0.717, 1.165) is 14.6 Å². The SMILES string of the molecule is Cc1nc2c(Br)cc(Br)cc2c(=O)n1-c1ccccc1. The molecule has 100 valence electrons. The summed E-state index contributed by atoms with van der Waals surface area (Å²) in [6.07, 6.45) is 0. The van der Waals surface area contributed by atoms with Crippen LogP contribution in [-0.4, -0.2) is 9.55 Å². The number of hydrogen-bond donors (Lipinski definition) is 0. The van der Waals surface area contributed by atoms with E-state index in [1.54, 1.807) is 10.6 Å². The fourth-order valence-corrected chi connectivity index (χ4v) is 3.52. The zero-order chi connectivity index (χ0) is 14.3. The van der Waals surface area contributed by atoms with Crippen LogP contribution in [0, 0.1) is 6.92 Å². The molecular formula is C15H10Br2N2O. The van der Waals surface area contributed by atoms with Crippen LogP contribution in [0.15, 0.2) is 56.2 Å². The number of aryl methyl sites for hydroxylation is 1. The molecule has 1 heterocycles. The van der Waals surface area contributed by atoms with Crippen LogP contribution in [0.5, 0.6) is 0 Å². The van der Waals surface area contributed by atoms with Crippen molar-refractivity contribution in [3.63, 3.8) is 0 Å². The van der Waals surface area contributed by atoms with Gasteiger partial charge in [-0.25, -0.2) is 4.98 Å². The second kappa shape index (κ2) is 5.14. The lowest BCUT2D eigenvalue weighted by molar-refractivity contribution is 0.894. The van der Waals surface area contributed by atoms with Crippen molar-refractivity contribution in [3.05, 3.63) is 67.6 Å². The minimum Gasteiger partial charge on any atom is -0.268 e. The van der Waals surface area contributed by atoms with Crippen LogP contribution in [0.2, 0.25) is 0 Å². The summed E-state index contributed by atoms with van der Waals surface area (Å²) < 4.78 is 3.28. The average Bonchev–Trinajstić information content (AvgIpc) is 2.42. The monoisotopic (exact) mass is 392 g/mol. The second-order valence-corrected chi connectivity index (χ2v) is 6.19. The molecule has 0 radical (unpaired) electrons. The number of para-hydroxylation sites is 1. The summed E-state index contributed by atoms with van der Waals surface area (Å²) in [5, 5.41) is 0.584. The van der Waals surface area contributed by atoms with Crippen LogP contribution in [0.25, 0.3) is 16.6 Å². The van der Waals surface area contributed by atoms with Crippen molar-refractivity contribution >= 4 is 42.8 Å². The van der Waals surface area contributed by atoms with Crippen LogP contribution in [0.3, 0.4) is 0 Å². The number of benzene rings is 2. The summed E-state index contributed by atoms with van der Waals surface area (Å²) in [4.78, 5) is 17.3. The Morgan fingerprint density at radius 1 is 1.10 bits per heavy atom. The highest BCUT2D eigenvalue weighted by Crippen LogP contribution is 2.25. The maximum absolute atomic E-state index is 12.7. The maximum Gasteiger partial charge on any atom is 0.266 e. The van der Waals surface area contributed by atoms with E-state index in [-0.39, 0.29) is 5.56 Å². The highest BCUT2D eigenvalue weighted by Gasteiger charge is 2.12.